The molecule has 2 heterocycles. The van der Waals surface area contributed by atoms with E-state index in [0.29, 0.717) is 11.9 Å². The van der Waals surface area contributed by atoms with Crippen molar-refractivity contribution in [3.05, 3.63) is 22.5 Å². The van der Waals surface area contributed by atoms with Crippen LogP contribution in [0.1, 0.15) is 19.8 Å². The van der Waals surface area contributed by atoms with Crippen molar-refractivity contribution < 1.29 is 4.92 Å². The summed E-state index contributed by atoms with van der Waals surface area (Å²) in [7, 11) is 0. The van der Waals surface area contributed by atoms with Crippen molar-refractivity contribution in [2.24, 2.45) is 11.7 Å². The molecule has 7 nitrogen and oxygen atoms in total. The summed E-state index contributed by atoms with van der Waals surface area (Å²) in [5, 5.41) is 10.5. The fourth-order valence-electron chi connectivity index (χ4n) is 2.19. The lowest BCUT2D eigenvalue weighted by atomic mass is 9.92. The first-order chi connectivity index (χ1) is 8.58. The van der Waals surface area contributed by atoms with E-state index < -0.39 is 4.92 Å². The molecule has 1 fully saturated rings. The highest BCUT2D eigenvalue weighted by Crippen LogP contribution is 2.22. The highest BCUT2D eigenvalue weighted by atomic mass is 16.6. The van der Waals surface area contributed by atoms with Crippen LogP contribution in [-0.2, 0) is 0 Å². The molecule has 0 aliphatic carbocycles. The Balaban J connectivity index is 2.09. The summed E-state index contributed by atoms with van der Waals surface area (Å²) in [5.41, 5.74) is 5.83. The fraction of sp³-hybridized carbons (Fsp3) is 0.636. The van der Waals surface area contributed by atoms with Crippen molar-refractivity contribution in [3.63, 3.8) is 0 Å². The molecule has 0 radical (unpaired) electrons. The number of nitrogens with two attached hydrogens (primary N) is 1. The topological polar surface area (TPSA) is 98.2 Å². The number of nitro groups is 1. The second kappa shape index (κ2) is 5.26. The van der Waals surface area contributed by atoms with Crippen LogP contribution in [0.25, 0.3) is 0 Å². The zero-order valence-electron chi connectivity index (χ0n) is 10.3. The third-order valence-corrected chi connectivity index (χ3v) is 3.32. The highest BCUT2D eigenvalue weighted by Gasteiger charge is 2.24. The van der Waals surface area contributed by atoms with Crippen LogP contribution in [0.5, 0.6) is 0 Å². The lowest BCUT2D eigenvalue weighted by Crippen LogP contribution is -2.43. The largest absolute Gasteiger partial charge is 0.340 e. The van der Waals surface area contributed by atoms with Gasteiger partial charge in [-0.25, -0.2) is 9.97 Å². The minimum Gasteiger partial charge on any atom is -0.340 e. The van der Waals surface area contributed by atoms with Gasteiger partial charge in [0.25, 0.3) is 0 Å². The zero-order valence-corrected chi connectivity index (χ0v) is 10.3. The summed E-state index contributed by atoms with van der Waals surface area (Å²) in [4.78, 5) is 20.2. The molecule has 0 spiro atoms. The maximum absolute atomic E-state index is 10.5. The number of rotatable bonds is 3. The van der Waals surface area contributed by atoms with E-state index in [9.17, 15) is 10.1 Å². The Morgan fingerprint density at radius 1 is 1.56 bits per heavy atom. The highest BCUT2D eigenvalue weighted by molar-refractivity contribution is 5.34. The third-order valence-electron chi connectivity index (χ3n) is 3.32. The minimum absolute atomic E-state index is 0.0838. The van der Waals surface area contributed by atoms with Gasteiger partial charge in [-0.05, 0) is 25.7 Å². The van der Waals surface area contributed by atoms with Crippen molar-refractivity contribution >= 4 is 11.6 Å². The van der Waals surface area contributed by atoms with Gasteiger partial charge in [-0.2, -0.15) is 0 Å². The van der Waals surface area contributed by atoms with Crippen molar-refractivity contribution in [1.82, 2.24) is 9.97 Å². The number of hydrogen-bond acceptors (Lipinski definition) is 6. The molecule has 1 aromatic rings. The molecular formula is C11H17N5O2. The van der Waals surface area contributed by atoms with Gasteiger partial charge in [-0.1, -0.05) is 0 Å². The summed E-state index contributed by atoms with van der Waals surface area (Å²) < 4.78 is 0. The number of piperidine rings is 1. The summed E-state index contributed by atoms with van der Waals surface area (Å²) in [6.07, 6.45) is 4.66. The van der Waals surface area contributed by atoms with Crippen molar-refractivity contribution in [1.29, 1.82) is 0 Å². The predicted octanol–water partition coefficient (Wildman–Crippen LogP) is 0.948. The van der Waals surface area contributed by atoms with Gasteiger partial charge in [0.1, 0.15) is 12.4 Å². The van der Waals surface area contributed by atoms with Crippen LogP contribution >= 0.6 is 0 Å². The Morgan fingerprint density at radius 3 is 2.78 bits per heavy atom. The van der Waals surface area contributed by atoms with Crippen LogP contribution in [-0.4, -0.2) is 34.0 Å². The van der Waals surface area contributed by atoms with E-state index in [1.54, 1.807) is 0 Å². The first kappa shape index (κ1) is 12.7. The average molecular weight is 251 g/mol. The molecule has 18 heavy (non-hydrogen) atoms. The molecule has 2 N–H and O–H groups in total. The van der Waals surface area contributed by atoms with Crippen LogP contribution in [0.4, 0.5) is 11.6 Å². The molecule has 2 atom stereocenters. The first-order valence-corrected chi connectivity index (χ1v) is 6.05. The Bertz CT molecular complexity index is 420. The normalized spacial score (nSPS) is 21.7. The summed E-state index contributed by atoms with van der Waals surface area (Å²) in [6, 6.07) is 0.144. The van der Waals surface area contributed by atoms with Crippen LogP contribution in [0.15, 0.2) is 12.4 Å². The molecular weight excluding hydrogens is 234 g/mol. The second-order valence-electron chi connectivity index (χ2n) is 4.71. The number of hydrogen-bond donors (Lipinski definition) is 1. The molecule has 1 saturated heterocycles. The summed E-state index contributed by atoms with van der Waals surface area (Å²) >= 11 is 0. The Kier molecular flexibility index (Phi) is 3.71. The van der Waals surface area contributed by atoms with E-state index in [1.807, 2.05) is 11.8 Å². The van der Waals surface area contributed by atoms with E-state index in [0.717, 1.165) is 25.9 Å². The molecule has 2 unspecified atom stereocenters. The smallest absolute Gasteiger partial charge is 0.305 e. The van der Waals surface area contributed by atoms with Crippen molar-refractivity contribution in [3.8, 4) is 0 Å². The van der Waals surface area contributed by atoms with E-state index in [-0.39, 0.29) is 11.7 Å². The van der Waals surface area contributed by atoms with Crippen molar-refractivity contribution in [2.45, 2.75) is 25.8 Å². The van der Waals surface area contributed by atoms with E-state index >= 15 is 0 Å². The SMILES string of the molecule is CC(N)C1CCCN(c2ncc([N+](=O)[O-])cn2)C1. The maximum atomic E-state index is 10.5. The molecule has 98 valence electrons. The number of aromatic nitrogens is 2. The summed E-state index contributed by atoms with van der Waals surface area (Å²) in [6.45, 7) is 3.70. The van der Waals surface area contributed by atoms with Gasteiger partial charge in [0, 0.05) is 19.1 Å². The van der Waals surface area contributed by atoms with Crippen molar-refractivity contribution in [2.75, 3.05) is 18.0 Å². The maximum Gasteiger partial charge on any atom is 0.305 e. The Labute approximate surface area is 105 Å². The molecule has 0 bridgehead atoms. The molecule has 0 amide bonds. The van der Waals surface area contributed by atoms with Gasteiger partial charge in [-0.3, -0.25) is 10.1 Å². The number of nitrogens with zero attached hydrogens (tertiary/aromatic N) is 4. The van der Waals surface area contributed by atoms with Gasteiger partial charge in [0.05, 0.1) is 4.92 Å². The van der Waals surface area contributed by atoms with E-state index in [2.05, 4.69) is 9.97 Å². The average Bonchev–Trinajstić information content (AvgIpc) is 2.39. The van der Waals surface area contributed by atoms with Gasteiger partial charge in [0.2, 0.25) is 5.95 Å². The van der Waals surface area contributed by atoms with Gasteiger partial charge in [-0.15, -0.1) is 0 Å². The second-order valence-corrected chi connectivity index (χ2v) is 4.71. The Morgan fingerprint density at radius 2 is 2.22 bits per heavy atom. The van der Waals surface area contributed by atoms with Gasteiger partial charge >= 0.3 is 5.69 Å². The number of anilines is 1. The zero-order chi connectivity index (χ0) is 13.1. The molecule has 2 rings (SSSR count). The monoisotopic (exact) mass is 251 g/mol. The van der Waals surface area contributed by atoms with Gasteiger partial charge in [0.15, 0.2) is 0 Å². The van der Waals surface area contributed by atoms with Crippen LogP contribution < -0.4 is 10.6 Å². The van der Waals surface area contributed by atoms with E-state index in [1.165, 1.54) is 12.4 Å². The van der Waals surface area contributed by atoms with Crippen LogP contribution in [0.2, 0.25) is 0 Å². The molecule has 0 saturated carbocycles. The third kappa shape index (κ3) is 2.73. The minimum atomic E-state index is -0.495. The predicted molar refractivity (Wildman–Crippen MR) is 67.3 cm³/mol. The van der Waals surface area contributed by atoms with Gasteiger partial charge < -0.3 is 10.6 Å². The van der Waals surface area contributed by atoms with Crippen LogP contribution in [0.3, 0.4) is 0 Å². The lowest BCUT2D eigenvalue weighted by Gasteiger charge is -2.34. The molecule has 1 aliphatic heterocycles. The lowest BCUT2D eigenvalue weighted by molar-refractivity contribution is -0.385. The fourth-order valence-corrected chi connectivity index (χ4v) is 2.19. The van der Waals surface area contributed by atoms with E-state index in [4.69, 9.17) is 5.73 Å². The molecule has 0 aromatic carbocycles. The Hall–Kier alpha value is -1.76. The summed E-state index contributed by atoms with van der Waals surface area (Å²) in [5.74, 6) is 0.975. The molecule has 7 heteroatoms. The molecule has 1 aromatic heterocycles. The molecule has 1 aliphatic rings. The first-order valence-electron chi connectivity index (χ1n) is 6.05. The quantitative estimate of drug-likeness (QED) is 0.634. The standard InChI is InChI=1S/C11H17N5O2/c1-8(12)9-3-2-4-15(7-9)11-13-5-10(6-14-11)16(17)18/h5-6,8-9H,2-4,7,12H2,1H3. The van der Waals surface area contributed by atoms with Crippen LogP contribution in [0, 0.1) is 16.0 Å².